The number of nitrogens with zero attached hydrogens (tertiary/aromatic N) is 3. The van der Waals surface area contributed by atoms with Crippen LogP contribution < -0.4 is 14.4 Å². The number of aromatic nitrogens is 1. The Bertz CT molecular complexity index is 995. The van der Waals surface area contributed by atoms with Crippen molar-refractivity contribution in [3.8, 4) is 22.1 Å². The van der Waals surface area contributed by atoms with Crippen LogP contribution >= 0.6 is 11.3 Å². The van der Waals surface area contributed by atoms with Crippen molar-refractivity contribution >= 4 is 22.9 Å². The van der Waals surface area contributed by atoms with E-state index in [1.165, 1.54) is 0 Å². The van der Waals surface area contributed by atoms with E-state index in [0.29, 0.717) is 19.5 Å². The lowest BCUT2D eigenvalue weighted by Gasteiger charge is -2.36. The van der Waals surface area contributed by atoms with Gasteiger partial charge in [-0.1, -0.05) is 12.1 Å². The van der Waals surface area contributed by atoms with Crippen molar-refractivity contribution in [2.24, 2.45) is 0 Å². The standard InChI is InChI=1S/C23H25N3O3S/c1-28-19-9-7-17(8-10-19)23-24-18(16-30-23)15-22(27)26-13-11-25(12-14-26)20-5-3-4-6-21(20)29-2/h3-10,16H,11-15H2,1-2H3. The summed E-state index contributed by atoms with van der Waals surface area (Å²) in [6, 6.07) is 15.8. The molecule has 1 aliphatic rings. The van der Waals surface area contributed by atoms with E-state index in [1.54, 1.807) is 25.6 Å². The van der Waals surface area contributed by atoms with Gasteiger partial charge in [0.1, 0.15) is 16.5 Å². The van der Waals surface area contributed by atoms with Crippen LogP contribution in [0.5, 0.6) is 11.5 Å². The number of hydrogen-bond acceptors (Lipinski definition) is 6. The first-order chi connectivity index (χ1) is 14.7. The number of methoxy groups -OCH3 is 2. The van der Waals surface area contributed by atoms with Gasteiger partial charge in [-0.2, -0.15) is 0 Å². The Morgan fingerprint density at radius 2 is 1.73 bits per heavy atom. The van der Waals surface area contributed by atoms with Gasteiger partial charge < -0.3 is 19.3 Å². The lowest BCUT2D eigenvalue weighted by molar-refractivity contribution is -0.130. The fourth-order valence-corrected chi connectivity index (χ4v) is 4.43. The third kappa shape index (κ3) is 4.41. The summed E-state index contributed by atoms with van der Waals surface area (Å²) in [5.74, 6) is 1.81. The third-order valence-corrected chi connectivity index (χ3v) is 6.22. The Morgan fingerprint density at radius 1 is 1.00 bits per heavy atom. The average Bonchev–Trinajstić information content (AvgIpc) is 3.27. The highest BCUT2D eigenvalue weighted by Crippen LogP contribution is 2.29. The zero-order chi connectivity index (χ0) is 20.9. The van der Waals surface area contributed by atoms with Gasteiger partial charge in [0.05, 0.1) is 32.0 Å². The van der Waals surface area contributed by atoms with Gasteiger partial charge in [-0.3, -0.25) is 4.79 Å². The fraction of sp³-hybridized carbons (Fsp3) is 0.304. The molecule has 0 radical (unpaired) electrons. The van der Waals surface area contributed by atoms with Crippen molar-refractivity contribution in [1.29, 1.82) is 0 Å². The van der Waals surface area contributed by atoms with E-state index in [0.717, 1.165) is 46.5 Å². The highest BCUT2D eigenvalue weighted by molar-refractivity contribution is 7.13. The largest absolute Gasteiger partial charge is 0.497 e. The van der Waals surface area contributed by atoms with Crippen molar-refractivity contribution in [3.63, 3.8) is 0 Å². The monoisotopic (exact) mass is 423 g/mol. The maximum absolute atomic E-state index is 12.8. The first kappa shape index (κ1) is 20.2. The number of thiazole rings is 1. The zero-order valence-electron chi connectivity index (χ0n) is 17.2. The average molecular weight is 424 g/mol. The number of carbonyl (C=O) groups is 1. The number of carbonyl (C=O) groups excluding carboxylic acids is 1. The molecule has 3 aromatic rings. The normalized spacial score (nSPS) is 13.9. The maximum atomic E-state index is 12.8. The Morgan fingerprint density at radius 3 is 2.43 bits per heavy atom. The second kappa shape index (κ2) is 9.17. The quantitative estimate of drug-likeness (QED) is 0.605. The van der Waals surface area contributed by atoms with E-state index in [1.807, 2.05) is 52.7 Å². The molecule has 1 aliphatic heterocycles. The summed E-state index contributed by atoms with van der Waals surface area (Å²) in [5, 5.41) is 2.89. The molecule has 0 saturated carbocycles. The SMILES string of the molecule is COc1ccc(-c2nc(CC(=O)N3CCN(c4ccccc4OC)CC3)cs2)cc1. The van der Waals surface area contributed by atoms with E-state index in [2.05, 4.69) is 16.0 Å². The molecule has 1 amide bonds. The number of piperazine rings is 1. The Labute approximate surface area is 180 Å². The summed E-state index contributed by atoms with van der Waals surface area (Å²) in [4.78, 5) is 21.7. The summed E-state index contributed by atoms with van der Waals surface area (Å²) in [6.45, 7) is 2.99. The molecule has 0 atom stereocenters. The van der Waals surface area contributed by atoms with Crippen LogP contribution in [0.2, 0.25) is 0 Å². The van der Waals surface area contributed by atoms with Crippen LogP contribution in [-0.4, -0.2) is 56.2 Å². The molecule has 0 aliphatic carbocycles. The number of rotatable bonds is 6. The minimum absolute atomic E-state index is 0.126. The topological polar surface area (TPSA) is 54.9 Å². The van der Waals surface area contributed by atoms with Crippen LogP contribution in [-0.2, 0) is 11.2 Å². The van der Waals surface area contributed by atoms with Crippen LogP contribution in [0.3, 0.4) is 0 Å². The predicted octanol–water partition coefficient (Wildman–Crippen LogP) is 3.72. The minimum atomic E-state index is 0.126. The highest BCUT2D eigenvalue weighted by Gasteiger charge is 2.23. The maximum Gasteiger partial charge on any atom is 0.228 e. The molecule has 7 heteroatoms. The number of ether oxygens (including phenoxy) is 2. The summed E-state index contributed by atoms with van der Waals surface area (Å²) >= 11 is 1.56. The molecule has 30 heavy (non-hydrogen) atoms. The second-order valence-electron chi connectivity index (χ2n) is 7.09. The number of para-hydroxylation sites is 2. The molecular formula is C23H25N3O3S. The number of benzene rings is 2. The van der Waals surface area contributed by atoms with Crippen LogP contribution in [0.25, 0.3) is 10.6 Å². The van der Waals surface area contributed by atoms with Crippen LogP contribution in [0, 0.1) is 0 Å². The lowest BCUT2D eigenvalue weighted by atomic mass is 10.2. The van der Waals surface area contributed by atoms with Crippen molar-refractivity contribution in [2.45, 2.75) is 6.42 Å². The molecule has 4 rings (SSSR count). The minimum Gasteiger partial charge on any atom is -0.497 e. The molecule has 6 nitrogen and oxygen atoms in total. The molecular weight excluding hydrogens is 398 g/mol. The summed E-state index contributed by atoms with van der Waals surface area (Å²) in [7, 11) is 3.34. The third-order valence-electron chi connectivity index (χ3n) is 5.28. The van der Waals surface area contributed by atoms with Gasteiger partial charge >= 0.3 is 0 Å². The molecule has 2 aromatic carbocycles. The number of anilines is 1. The van der Waals surface area contributed by atoms with E-state index in [4.69, 9.17) is 9.47 Å². The summed E-state index contributed by atoms with van der Waals surface area (Å²) < 4.78 is 10.7. The molecule has 1 saturated heterocycles. The number of hydrogen-bond donors (Lipinski definition) is 0. The van der Waals surface area contributed by atoms with Gasteiger partial charge in [0.25, 0.3) is 0 Å². The number of amides is 1. The smallest absolute Gasteiger partial charge is 0.228 e. The molecule has 0 unspecified atom stereocenters. The van der Waals surface area contributed by atoms with Gasteiger partial charge in [-0.25, -0.2) is 4.98 Å². The van der Waals surface area contributed by atoms with Gasteiger partial charge in [0.15, 0.2) is 0 Å². The van der Waals surface area contributed by atoms with Gasteiger partial charge in [-0.15, -0.1) is 11.3 Å². The molecule has 1 fully saturated rings. The molecule has 1 aromatic heterocycles. The second-order valence-corrected chi connectivity index (χ2v) is 7.95. The highest BCUT2D eigenvalue weighted by atomic mass is 32.1. The van der Waals surface area contributed by atoms with E-state index in [-0.39, 0.29) is 5.91 Å². The molecule has 156 valence electrons. The van der Waals surface area contributed by atoms with Gasteiger partial charge in [-0.05, 0) is 36.4 Å². The first-order valence-electron chi connectivity index (χ1n) is 9.92. The van der Waals surface area contributed by atoms with Crippen LogP contribution in [0.15, 0.2) is 53.9 Å². The van der Waals surface area contributed by atoms with E-state index in [9.17, 15) is 4.79 Å². The predicted molar refractivity (Wildman–Crippen MR) is 120 cm³/mol. The fourth-order valence-electron chi connectivity index (χ4n) is 3.61. The summed E-state index contributed by atoms with van der Waals surface area (Å²) in [6.07, 6.45) is 0.335. The van der Waals surface area contributed by atoms with Crippen LogP contribution in [0.4, 0.5) is 5.69 Å². The Kier molecular flexibility index (Phi) is 6.18. The van der Waals surface area contributed by atoms with Gasteiger partial charge in [0, 0.05) is 37.1 Å². The Hall–Kier alpha value is -3.06. The lowest BCUT2D eigenvalue weighted by Crippen LogP contribution is -2.49. The summed E-state index contributed by atoms with van der Waals surface area (Å²) in [5.41, 5.74) is 2.93. The molecule has 2 heterocycles. The zero-order valence-corrected chi connectivity index (χ0v) is 18.0. The van der Waals surface area contributed by atoms with Crippen molar-refractivity contribution in [3.05, 3.63) is 59.6 Å². The van der Waals surface area contributed by atoms with E-state index < -0.39 is 0 Å². The molecule has 0 spiro atoms. The van der Waals surface area contributed by atoms with Gasteiger partial charge in [0.2, 0.25) is 5.91 Å². The van der Waals surface area contributed by atoms with Crippen molar-refractivity contribution < 1.29 is 14.3 Å². The van der Waals surface area contributed by atoms with Crippen molar-refractivity contribution in [1.82, 2.24) is 9.88 Å². The Balaban J connectivity index is 1.34. The molecule has 0 bridgehead atoms. The van der Waals surface area contributed by atoms with E-state index >= 15 is 0 Å². The van der Waals surface area contributed by atoms with Crippen molar-refractivity contribution in [2.75, 3.05) is 45.3 Å². The first-order valence-corrected chi connectivity index (χ1v) is 10.8. The van der Waals surface area contributed by atoms with Crippen LogP contribution in [0.1, 0.15) is 5.69 Å². The molecule has 0 N–H and O–H groups in total.